The van der Waals surface area contributed by atoms with Crippen LogP contribution in [-0.4, -0.2) is 32.6 Å². The lowest BCUT2D eigenvalue weighted by Gasteiger charge is -2.12. The maximum Gasteiger partial charge on any atom is 0.337 e. The minimum Gasteiger partial charge on any atom is -0.499 e. The lowest BCUT2D eigenvalue weighted by atomic mass is 10.1. The van der Waals surface area contributed by atoms with Crippen molar-refractivity contribution in [3.05, 3.63) is 23.5 Å². The van der Waals surface area contributed by atoms with E-state index in [-0.39, 0.29) is 6.10 Å². The molecule has 0 bridgehead atoms. The lowest BCUT2D eigenvalue weighted by Crippen LogP contribution is -2.10. The van der Waals surface area contributed by atoms with Crippen molar-refractivity contribution in [3.63, 3.8) is 0 Å². The first kappa shape index (κ1) is 22.7. The van der Waals surface area contributed by atoms with E-state index in [4.69, 9.17) is 9.47 Å². The van der Waals surface area contributed by atoms with E-state index in [9.17, 15) is 4.79 Å². The molecule has 0 aromatic heterocycles. The highest BCUT2D eigenvalue weighted by molar-refractivity contribution is 5.81. The number of carbonyl (C=O) groups is 1. The zero-order valence-electron chi connectivity index (χ0n) is 14.9. The minimum atomic E-state index is -0.641. The van der Waals surface area contributed by atoms with Crippen molar-refractivity contribution in [2.75, 3.05) is 14.2 Å². The zero-order valence-corrected chi connectivity index (χ0v) is 14.9. The number of primary amides is 1. The molecule has 0 rings (SSSR count). The van der Waals surface area contributed by atoms with Gasteiger partial charge in [-0.25, -0.2) is 9.79 Å². The smallest absolute Gasteiger partial charge is 0.337 e. The summed E-state index contributed by atoms with van der Waals surface area (Å²) in [6, 6.07) is -0.641. The van der Waals surface area contributed by atoms with Gasteiger partial charge in [0.25, 0.3) is 0 Å². The number of methoxy groups -OCH3 is 2. The van der Waals surface area contributed by atoms with Gasteiger partial charge in [0.1, 0.15) is 11.9 Å². The summed E-state index contributed by atoms with van der Waals surface area (Å²) in [7, 11) is 3.39. The normalized spacial score (nSPS) is 13.5. The molecule has 5 heteroatoms. The Morgan fingerprint density at radius 1 is 1.27 bits per heavy atom. The monoisotopic (exact) mass is 312 g/mol. The van der Waals surface area contributed by atoms with Crippen LogP contribution in [0.25, 0.3) is 0 Å². The molecule has 0 fully saturated rings. The molecule has 0 saturated heterocycles. The van der Waals surface area contributed by atoms with Gasteiger partial charge in [0, 0.05) is 13.3 Å². The molecule has 0 aliphatic rings. The van der Waals surface area contributed by atoms with Gasteiger partial charge in [0.05, 0.1) is 7.11 Å². The van der Waals surface area contributed by atoms with Gasteiger partial charge in [-0.3, -0.25) is 0 Å². The van der Waals surface area contributed by atoms with E-state index in [1.165, 1.54) is 24.6 Å². The number of urea groups is 1. The Labute approximate surface area is 135 Å². The van der Waals surface area contributed by atoms with Gasteiger partial charge < -0.3 is 15.2 Å². The Balaban J connectivity index is 0. The number of aliphatic imine (C=N–C) groups is 1. The van der Waals surface area contributed by atoms with Gasteiger partial charge >= 0.3 is 6.03 Å². The molecule has 2 N–H and O–H groups in total. The van der Waals surface area contributed by atoms with Crippen LogP contribution < -0.4 is 5.73 Å². The molecule has 1 unspecified atom stereocenters. The first-order valence-corrected chi connectivity index (χ1v) is 7.69. The fourth-order valence-corrected chi connectivity index (χ4v) is 1.74. The number of nitrogens with two attached hydrogens (primary N) is 1. The third kappa shape index (κ3) is 13.4. The van der Waals surface area contributed by atoms with E-state index in [0.717, 1.165) is 18.6 Å². The highest BCUT2D eigenvalue weighted by Gasteiger charge is 2.05. The van der Waals surface area contributed by atoms with E-state index >= 15 is 0 Å². The molecule has 0 aromatic carbocycles. The van der Waals surface area contributed by atoms with Crippen LogP contribution in [0.4, 0.5) is 4.79 Å². The Morgan fingerprint density at radius 2 is 1.91 bits per heavy atom. The van der Waals surface area contributed by atoms with Crippen molar-refractivity contribution in [1.82, 2.24) is 0 Å². The second kappa shape index (κ2) is 15.8. The standard InChI is InChI=1S/C14H26O2.C3H6N2O/c1-6-9-13(7-2)10-8-11-14(16-5)12(3)15-4;1-2-5-3(4)6/h10-12H,6-9H2,1-5H3;2H,1H3,(H2,4,6)/b13-10+,14-11+;5-2+. The van der Waals surface area contributed by atoms with Gasteiger partial charge in [0.15, 0.2) is 0 Å². The number of carbonyl (C=O) groups excluding carboxylic acids is 1. The van der Waals surface area contributed by atoms with Crippen molar-refractivity contribution in [1.29, 1.82) is 0 Å². The van der Waals surface area contributed by atoms with E-state index in [2.05, 4.69) is 36.7 Å². The molecule has 128 valence electrons. The third-order valence-electron chi connectivity index (χ3n) is 3.00. The predicted molar refractivity (Wildman–Crippen MR) is 93.2 cm³/mol. The molecule has 0 aliphatic heterocycles. The molecular formula is C17H32N2O3. The van der Waals surface area contributed by atoms with Crippen LogP contribution in [0.15, 0.2) is 28.5 Å². The summed E-state index contributed by atoms with van der Waals surface area (Å²) < 4.78 is 10.5. The van der Waals surface area contributed by atoms with Crippen LogP contribution in [0.3, 0.4) is 0 Å². The van der Waals surface area contributed by atoms with Crippen LogP contribution >= 0.6 is 0 Å². The van der Waals surface area contributed by atoms with Gasteiger partial charge in [-0.2, -0.15) is 0 Å². The van der Waals surface area contributed by atoms with Crippen molar-refractivity contribution in [3.8, 4) is 0 Å². The Kier molecular flexibility index (Phi) is 16.2. The molecule has 5 nitrogen and oxygen atoms in total. The highest BCUT2D eigenvalue weighted by Crippen LogP contribution is 2.12. The molecule has 2 amide bonds. The average molecular weight is 312 g/mol. The molecule has 0 saturated carbocycles. The Hall–Kier alpha value is -1.62. The number of hydrogen-bond donors (Lipinski definition) is 1. The summed E-state index contributed by atoms with van der Waals surface area (Å²) in [6.07, 6.45) is 10.3. The summed E-state index contributed by atoms with van der Waals surface area (Å²) in [5.41, 5.74) is 6.09. The maximum absolute atomic E-state index is 9.62. The zero-order chi connectivity index (χ0) is 17.4. The number of rotatable bonds is 8. The van der Waals surface area contributed by atoms with Crippen molar-refractivity contribution >= 4 is 12.2 Å². The second-order valence-electron chi connectivity index (χ2n) is 4.62. The van der Waals surface area contributed by atoms with Crippen LogP contribution in [0.2, 0.25) is 0 Å². The van der Waals surface area contributed by atoms with Crippen LogP contribution in [-0.2, 0) is 9.47 Å². The average Bonchev–Trinajstić information content (AvgIpc) is 2.50. The molecule has 0 aromatic rings. The SMILES string of the molecule is C/C=N/C(N)=O.CCC/C(=C/C/C=C(/OC)C(C)OC)CC. The highest BCUT2D eigenvalue weighted by atomic mass is 16.5. The maximum atomic E-state index is 9.62. The molecule has 0 heterocycles. The van der Waals surface area contributed by atoms with Crippen LogP contribution in [0.5, 0.6) is 0 Å². The summed E-state index contributed by atoms with van der Waals surface area (Å²) in [5, 5.41) is 0. The molecule has 0 radical (unpaired) electrons. The minimum absolute atomic E-state index is 0.0367. The van der Waals surface area contributed by atoms with E-state index in [0.29, 0.717) is 0 Å². The van der Waals surface area contributed by atoms with E-state index in [1.807, 2.05) is 6.92 Å². The topological polar surface area (TPSA) is 73.9 Å². The summed E-state index contributed by atoms with van der Waals surface area (Å²) in [4.78, 5) is 12.8. The fourth-order valence-electron chi connectivity index (χ4n) is 1.74. The number of nitrogens with zero attached hydrogens (tertiary/aromatic N) is 1. The van der Waals surface area contributed by atoms with Crippen molar-refractivity contribution < 1.29 is 14.3 Å². The Bertz CT molecular complexity index is 374. The van der Waals surface area contributed by atoms with Gasteiger partial charge in [-0.1, -0.05) is 31.9 Å². The molecule has 0 spiro atoms. The number of allylic oxidation sites excluding steroid dienone is 3. The predicted octanol–water partition coefficient (Wildman–Crippen LogP) is 4.23. The quantitative estimate of drug-likeness (QED) is 0.414. The van der Waals surface area contributed by atoms with Crippen molar-refractivity contribution in [2.45, 2.75) is 59.5 Å². The van der Waals surface area contributed by atoms with Crippen LogP contribution in [0.1, 0.15) is 53.4 Å². The summed E-state index contributed by atoms with van der Waals surface area (Å²) in [6.45, 7) is 8.05. The van der Waals surface area contributed by atoms with Gasteiger partial charge in [-0.15, -0.1) is 0 Å². The molecule has 0 aliphatic carbocycles. The number of amides is 2. The fraction of sp³-hybridized carbons (Fsp3) is 0.647. The molecular weight excluding hydrogens is 280 g/mol. The molecule has 1 atom stereocenters. The van der Waals surface area contributed by atoms with Gasteiger partial charge in [-0.05, 0) is 39.2 Å². The van der Waals surface area contributed by atoms with Gasteiger partial charge in [0.2, 0.25) is 0 Å². The third-order valence-corrected chi connectivity index (χ3v) is 3.00. The molecule has 22 heavy (non-hydrogen) atoms. The lowest BCUT2D eigenvalue weighted by molar-refractivity contribution is 0.0911. The second-order valence-corrected chi connectivity index (χ2v) is 4.62. The van der Waals surface area contributed by atoms with E-state index in [1.54, 1.807) is 21.1 Å². The van der Waals surface area contributed by atoms with Crippen molar-refractivity contribution in [2.24, 2.45) is 10.7 Å². The Morgan fingerprint density at radius 3 is 2.23 bits per heavy atom. The first-order valence-electron chi connectivity index (χ1n) is 7.69. The number of ether oxygens (including phenoxy) is 2. The van der Waals surface area contributed by atoms with E-state index < -0.39 is 6.03 Å². The summed E-state index contributed by atoms with van der Waals surface area (Å²) >= 11 is 0. The first-order chi connectivity index (χ1) is 10.5. The number of hydrogen-bond acceptors (Lipinski definition) is 3. The van der Waals surface area contributed by atoms with Crippen LogP contribution in [0, 0.1) is 0 Å². The largest absolute Gasteiger partial charge is 0.499 e. The summed E-state index contributed by atoms with van der Waals surface area (Å²) in [5.74, 6) is 0.908.